The zero-order chi connectivity index (χ0) is 20.7. The minimum Gasteiger partial charge on any atom is -0.598 e. The molecule has 4 nitrogen and oxygen atoms in total. The van der Waals surface area contributed by atoms with Crippen LogP contribution in [0.25, 0.3) is 0 Å². The number of carbonyl (C=O) groups is 1. The minimum atomic E-state index is -4.10. The molecule has 1 aromatic rings. The lowest BCUT2D eigenvalue weighted by Gasteiger charge is -2.36. The topological polar surface area (TPSA) is 61.4 Å². The van der Waals surface area contributed by atoms with Crippen LogP contribution in [-0.2, 0) is 26.4 Å². The van der Waals surface area contributed by atoms with E-state index in [-0.39, 0.29) is 18.4 Å². The second-order valence-corrected chi connectivity index (χ2v) is 7.25. The summed E-state index contributed by atoms with van der Waals surface area (Å²) >= 11 is -1.94. The van der Waals surface area contributed by atoms with Crippen LogP contribution >= 0.6 is 0 Å². The number of rotatable bonds is 10. The van der Waals surface area contributed by atoms with E-state index in [4.69, 9.17) is 0 Å². The number of halogens is 4. The van der Waals surface area contributed by atoms with Crippen molar-refractivity contribution in [3.63, 3.8) is 0 Å². The Morgan fingerprint density at radius 2 is 1.96 bits per heavy atom. The smallest absolute Gasteiger partial charge is 0.367 e. The first-order chi connectivity index (χ1) is 12.6. The van der Waals surface area contributed by atoms with E-state index in [0.29, 0.717) is 12.8 Å². The van der Waals surface area contributed by atoms with E-state index >= 15 is 0 Å². The second kappa shape index (κ2) is 10.1. The zero-order valence-corrected chi connectivity index (χ0v) is 16.2. The Hall–Kier alpha value is -1.58. The monoisotopic (exact) mass is 409 g/mol. The number of nitrogens with one attached hydrogen (secondary N) is 1. The average Bonchev–Trinajstić information content (AvgIpc) is 2.59. The molecule has 0 aromatic heterocycles. The molecule has 0 aliphatic heterocycles. The first kappa shape index (κ1) is 23.5. The third-order valence-electron chi connectivity index (χ3n) is 3.86. The molecule has 0 radical (unpaired) electrons. The van der Waals surface area contributed by atoms with Gasteiger partial charge < -0.3 is 9.29 Å². The second-order valence-electron chi connectivity index (χ2n) is 5.95. The van der Waals surface area contributed by atoms with E-state index in [1.807, 2.05) is 6.92 Å². The molecule has 0 spiro atoms. The largest absolute Gasteiger partial charge is 0.598 e. The van der Waals surface area contributed by atoms with Gasteiger partial charge in [-0.25, -0.2) is 9.18 Å². The molecule has 0 amide bonds. The highest BCUT2D eigenvalue weighted by Gasteiger charge is 2.55. The maximum atomic E-state index is 15.0. The van der Waals surface area contributed by atoms with Crippen molar-refractivity contribution in [2.24, 2.45) is 0 Å². The van der Waals surface area contributed by atoms with Crippen LogP contribution in [0.5, 0.6) is 0 Å². The predicted molar refractivity (Wildman–Crippen MR) is 95.6 cm³/mol. The van der Waals surface area contributed by atoms with Crippen LogP contribution in [0.2, 0.25) is 0 Å². The molecule has 0 saturated carbocycles. The molecule has 2 atom stereocenters. The molecular formula is C18H23F4NO3S. The number of esters is 1. The molecule has 152 valence electrons. The van der Waals surface area contributed by atoms with Gasteiger partial charge in [-0.05, 0) is 26.3 Å². The van der Waals surface area contributed by atoms with Gasteiger partial charge in [-0.3, -0.25) is 0 Å². The summed E-state index contributed by atoms with van der Waals surface area (Å²) < 4.78 is 76.9. The van der Waals surface area contributed by atoms with Gasteiger partial charge in [-0.1, -0.05) is 31.5 Å². The van der Waals surface area contributed by atoms with E-state index in [2.05, 4.69) is 9.46 Å². The van der Waals surface area contributed by atoms with Crippen LogP contribution in [0.15, 0.2) is 36.2 Å². The molecule has 1 unspecified atom stereocenters. The predicted octanol–water partition coefficient (Wildman–Crippen LogP) is 4.15. The molecule has 1 aromatic carbocycles. The molecule has 0 aliphatic rings. The van der Waals surface area contributed by atoms with Crippen molar-refractivity contribution >= 4 is 17.3 Å². The molecule has 0 saturated heterocycles. The maximum Gasteiger partial charge on any atom is 0.367 e. The van der Waals surface area contributed by atoms with Crippen molar-refractivity contribution in [2.45, 2.75) is 45.1 Å². The third-order valence-corrected chi connectivity index (χ3v) is 5.15. The average molecular weight is 409 g/mol. The SMILES string of the molecule is CCCC[S+]([O-])N[C@](C)(c1ccccc1F)C(F)(F)/C=C(\F)C(=O)OCC. The lowest BCUT2D eigenvalue weighted by molar-refractivity contribution is -0.140. The van der Waals surface area contributed by atoms with Gasteiger partial charge in [0.1, 0.15) is 11.6 Å². The molecule has 1 N–H and O–H groups in total. The number of alkyl halides is 2. The molecule has 1 rings (SSSR count). The van der Waals surface area contributed by atoms with Gasteiger partial charge in [0.25, 0.3) is 5.92 Å². The van der Waals surface area contributed by atoms with Gasteiger partial charge in [-0.2, -0.15) is 13.2 Å². The van der Waals surface area contributed by atoms with Crippen molar-refractivity contribution in [1.82, 2.24) is 4.72 Å². The minimum absolute atomic E-state index is 0.0562. The zero-order valence-electron chi connectivity index (χ0n) is 15.4. The first-order valence-corrected chi connectivity index (χ1v) is 9.75. The van der Waals surface area contributed by atoms with Crippen molar-refractivity contribution in [3.8, 4) is 0 Å². The highest BCUT2D eigenvalue weighted by atomic mass is 32.2. The number of hydrogen-bond donors (Lipinski definition) is 1. The van der Waals surface area contributed by atoms with Gasteiger partial charge in [0.15, 0.2) is 5.54 Å². The number of carbonyl (C=O) groups excluding carboxylic acids is 1. The Morgan fingerprint density at radius 3 is 2.52 bits per heavy atom. The fourth-order valence-corrected chi connectivity index (χ4v) is 3.64. The standard InChI is InChI=1S/C18H23F4NO3S/c1-4-6-11-27(25)23-17(3,13-9-7-8-10-14(13)19)18(21,22)12-15(20)16(24)26-5-2/h7-10,12,23H,4-6,11H2,1-3H3/b15-12-/t17-,27?/m1/s1. The summed E-state index contributed by atoms with van der Waals surface area (Å²) in [6, 6.07) is 4.68. The van der Waals surface area contributed by atoms with E-state index < -0.39 is 46.0 Å². The van der Waals surface area contributed by atoms with Crippen LogP contribution in [0.1, 0.15) is 39.2 Å². The number of ether oxygens (including phenoxy) is 1. The summed E-state index contributed by atoms with van der Waals surface area (Å²) in [5.41, 5.74) is -3.08. The normalized spacial score (nSPS) is 15.9. The molecule has 0 fully saturated rings. The number of benzene rings is 1. The summed E-state index contributed by atoms with van der Waals surface area (Å²) in [7, 11) is 0. The quantitative estimate of drug-likeness (QED) is 0.273. The van der Waals surface area contributed by atoms with Crippen molar-refractivity contribution < 1.29 is 31.6 Å². The van der Waals surface area contributed by atoms with E-state index in [1.54, 1.807) is 0 Å². The molecule has 0 heterocycles. The third kappa shape index (κ3) is 5.95. The van der Waals surface area contributed by atoms with Gasteiger partial charge in [-0.15, -0.1) is 4.72 Å². The molecular weight excluding hydrogens is 386 g/mol. The van der Waals surface area contributed by atoms with E-state index in [0.717, 1.165) is 19.1 Å². The summed E-state index contributed by atoms with van der Waals surface area (Å²) in [5, 5.41) is 0. The summed E-state index contributed by atoms with van der Waals surface area (Å²) in [5.74, 6) is -8.40. The van der Waals surface area contributed by atoms with Crippen molar-refractivity contribution in [2.75, 3.05) is 12.4 Å². The van der Waals surface area contributed by atoms with Gasteiger partial charge in [0, 0.05) is 23.0 Å². The van der Waals surface area contributed by atoms with Crippen molar-refractivity contribution in [1.29, 1.82) is 0 Å². The van der Waals surface area contributed by atoms with Gasteiger partial charge in [0.2, 0.25) is 5.83 Å². The molecule has 0 aliphatic carbocycles. The fourth-order valence-electron chi connectivity index (χ4n) is 2.29. The van der Waals surface area contributed by atoms with E-state index in [1.165, 1.54) is 19.1 Å². The Bertz CT molecular complexity index is 672. The number of unbranched alkanes of at least 4 members (excludes halogenated alkanes) is 1. The van der Waals surface area contributed by atoms with Crippen LogP contribution in [0, 0.1) is 5.82 Å². The Balaban J connectivity index is 3.37. The highest BCUT2D eigenvalue weighted by molar-refractivity contribution is 7.89. The highest BCUT2D eigenvalue weighted by Crippen LogP contribution is 2.41. The van der Waals surface area contributed by atoms with Crippen LogP contribution in [-0.4, -0.2) is 28.8 Å². The van der Waals surface area contributed by atoms with Crippen LogP contribution < -0.4 is 4.72 Å². The Morgan fingerprint density at radius 1 is 1.33 bits per heavy atom. The Labute approximate surface area is 159 Å². The van der Waals surface area contributed by atoms with Gasteiger partial charge in [0.05, 0.1) is 6.61 Å². The summed E-state index contributed by atoms with van der Waals surface area (Å²) in [4.78, 5) is 11.4. The Kier molecular flexibility index (Phi) is 8.77. The summed E-state index contributed by atoms with van der Waals surface area (Å²) in [6.45, 7) is 3.93. The lowest BCUT2D eigenvalue weighted by Crippen LogP contribution is -2.56. The molecule has 9 heteroatoms. The van der Waals surface area contributed by atoms with Crippen molar-refractivity contribution in [3.05, 3.63) is 47.5 Å². The molecule has 0 bridgehead atoms. The first-order valence-electron chi connectivity index (χ1n) is 8.43. The lowest BCUT2D eigenvalue weighted by atomic mass is 9.85. The van der Waals surface area contributed by atoms with Crippen LogP contribution in [0.3, 0.4) is 0 Å². The van der Waals surface area contributed by atoms with Crippen LogP contribution in [0.4, 0.5) is 17.6 Å². The van der Waals surface area contributed by atoms with E-state index in [9.17, 15) is 26.9 Å². The maximum absolute atomic E-state index is 15.0. The summed E-state index contributed by atoms with van der Waals surface area (Å²) in [6.07, 6.45) is 0.935. The fraction of sp³-hybridized carbons (Fsp3) is 0.500. The van der Waals surface area contributed by atoms with Gasteiger partial charge >= 0.3 is 5.97 Å². The number of hydrogen-bond acceptors (Lipinski definition) is 4. The molecule has 27 heavy (non-hydrogen) atoms.